The Morgan fingerprint density at radius 1 is 0.545 bits per heavy atom. The van der Waals surface area contributed by atoms with Crippen molar-refractivity contribution in [2.24, 2.45) is 0 Å². The van der Waals surface area contributed by atoms with Crippen LogP contribution in [-0.4, -0.2) is 163 Å². The number of carbonyl (C=O) groups is 1. The zero-order valence-electron chi connectivity index (χ0n) is 40.7. The van der Waals surface area contributed by atoms with E-state index < -0.39 is 111 Å². The second kappa shape index (κ2) is 37.5. The van der Waals surface area contributed by atoms with Crippen LogP contribution in [0.25, 0.3) is 0 Å². The van der Waals surface area contributed by atoms with Crippen molar-refractivity contribution < 1.29 is 74.8 Å². The molecule has 0 spiro atoms. The van der Waals surface area contributed by atoms with Crippen molar-refractivity contribution in [2.75, 3.05) is 19.8 Å². The molecular weight excluding hydrogens is 855 g/mol. The van der Waals surface area contributed by atoms with Gasteiger partial charge in [-0.15, -0.1) is 0 Å². The number of unbranched alkanes of at least 4 members (excludes halogenated alkanes) is 23. The van der Waals surface area contributed by atoms with Gasteiger partial charge in [0.2, 0.25) is 5.91 Å². The average Bonchev–Trinajstić information content (AvgIpc) is 3.31. The van der Waals surface area contributed by atoms with Gasteiger partial charge in [0.1, 0.15) is 61.0 Å². The van der Waals surface area contributed by atoms with Gasteiger partial charge in [-0.3, -0.25) is 4.79 Å². The number of aliphatic hydroxyl groups is 10. The van der Waals surface area contributed by atoms with Crippen molar-refractivity contribution in [3.63, 3.8) is 0 Å². The van der Waals surface area contributed by atoms with Crippen LogP contribution in [0.2, 0.25) is 0 Å². The molecule has 2 aliphatic rings. The molecule has 0 bridgehead atoms. The molecule has 1 amide bonds. The molecule has 390 valence electrons. The highest BCUT2D eigenvalue weighted by Gasteiger charge is 2.51. The van der Waals surface area contributed by atoms with Crippen LogP contribution < -0.4 is 5.32 Å². The average molecular weight is 950 g/mol. The van der Waals surface area contributed by atoms with Crippen molar-refractivity contribution in [3.05, 3.63) is 12.2 Å². The van der Waals surface area contributed by atoms with E-state index >= 15 is 0 Å². The molecule has 2 fully saturated rings. The van der Waals surface area contributed by atoms with E-state index in [4.69, 9.17) is 18.9 Å². The molecule has 0 aliphatic carbocycles. The zero-order chi connectivity index (χ0) is 48.5. The minimum Gasteiger partial charge on any atom is -0.394 e. The summed E-state index contributed by atoms with van der Waals surface area (Å²) < 4.78 is 22.5. The van der Waals surface area contributed by atoms with Gasteiger partial charge in [0.05, 0.1) is 32.0 Å². The first-order valence-electron chi connectivity index (χ1n) is 26.1. The fraction of sp³-hybridized carbons (Fsp3) is 0.940. The van der Waals surface area contributed by atoms with E-state index in [2.05, 4.69) is 31.3 Å². The Morgan fingerprint density at radius 3 is 1.48 bits per heavy atom. The maximum Gasteiger partial charge on any atom is 0.249 e. The molecule has 0 saturated carbocycles. The number of nitrogens with one attached hydrogen (secondary N) is 1. The summed E-state index contributed by atoms with van der Waals surface area (Å²) >= 11 is 0. The standard InChI is InChI=1S/C50H95NO15/c1-3-5-7-9-11-13-15-17-18-19-20-22-23-25-27-29-31-37(54)41(56)36(51-48(62)38(55)32-30-28-26-24-21-16-14-12-10-8-6-4-2)35-63-49-46(61)44(59)47(40(34-53)65-49)66-50-45(60)43(58)42(57)39(33-52)64-50/h17-18,36-47,49-50,52-61H,3-16,19-35H2,1-2H3,(H,51,62)/b18-17-/t36-,37-,38-,39+,40-,41+,42+,43-,44-,45+,46-,47-,49-,50-/m1/s1. The molecule has 0 aromatic carbocycles. The predicted molar refractivity (Wildman–Crippen MR) is 252 cm³/mol. The van der Waals surface area contributed by atoms with Crippen LogP contribution >= 0.6 is 0 Å². The number of allylic oxidation sites excluding steroid dienone is 2. The molecule has 0 aromatic heterocycles. The minimum absolute atomic E-state index is 0.204. The normalized spacial score (nSPS) is 27.8. The molecule has 0 radical (unpaired) electrons. The number of carbonyl (C=O) groups excluding carboxylic acids is 1. The van der Waals surface area contributed by atoms with E-state index in [1.54, 1.807) is 0 Å². The molecule has 0 unspecified atom stereocenters. The molecule has 14 atom stereocenters. The molecule has 2 saturated heterocycles. The Kier molecular flexibility index (Phi) is 34.5. The Bertz CT molecular complexity index is 1200. The number of aliphatic hydroxyl groups excluding tert-OH is 10. The number of hydrogen-bond donors (Lipinski definition) is 11. The molecule has 16 nitrogen and oxygen atoms in total. The summed E-state index contributed by atoms with van der Waals surface area (Å²) in [7, 11) is 0. The topological polar surface area (TPSA) is 268 Å². The van der Waals surface area contributed by atoms with Gasteiger partial charge in [0, 0.05) is 0 Å². The SMILES string of the molecule is CCCCCCCC/C=C\CCCCCCCC[C@@H](O)[C@@H](O)[C@@H](CO[C@@H]1O[C@H](CO)[C@@H](O[C@H]2O[C@@H](CO)[C@H](O)[C@@H](O)[C@@H]2O)[C@H](O)[C@H]1O)NC(=O)[C@H](O)CCCCCCCCCCCCCC. The number of hydrogen-bond acceptors (Lipinski definition) is 15. The van der Waals surface area contributed by atoms with Gasteiger partial charge in [-0.05, 0) is 38.5 Å². The lowest BCUT2D eigenvalue weighted by molar-refractivity contribution is -0.359. The summed E-state index contributed by atoms with van der Waals surface area (Å²) in [6.07, 6.45) is 13.7. The third kappa shape index (κ3) is 24.0. The molecule has 16 heteroatoms. The summed E-state index contributed by atoms with van der Waals surface area (Å²) in [4.78, 5) is 13.3. The number of ether oxygens (including phenoxy) is 4. The Morgan fingerprint density at radius 2 is 0.985 bits per heavy atom. The quantitative estimate of drug-likeness (QED) is 0.0293. The van der Waals surface area contributed by atoms with E-state index in [0.29, 0.717) is 12.8 Å². The van der Waals surface area contributed by atoms with Crippen LogP contribution in [0.1, 0.15) is 194 Å². The molecule has 0 aromatic rings. The van der Waals surface area contributed by atoms with Crippen LogP contribution in [0.3, 0.4) is 0 Å². The van der Waals surface area contributed by atoms with Gasteiger partial charge in [0.25, 0.3) is 0 Å². The van der Waals surface area contributed by atoms with Crippen LogP contribution in [0, 0.1) is 0 Å². The summed E-state index contributed by atoms with van der Waals surface area (Å²) in [5, 5.41) is 108. The zero-order valence-corrected chi connectivity index (χ0v) is 40.7. The van der Waals surface area contributed by atoms with E-state index in [-0.39, 0.29) is 12.8 Å². The maximum atomic E-state index is 13.3. The highest BCUT2D eigenvalue weighted by molar-refractivity contribution is 5.80. The first-order chi connectivity index (χ1) is 31.9. The Balaban J connectivity index is 1.91. The van der Waals surface area contributed by atoms with E-state index in [0.717, 1.165) is 70.6 Å². The fourth-order valence-corrected chi connectivity index (χ4v) is 8.75. The summed E-state index contributed by atoms with van der Waals surface area (Å²) in [5.74, 6) is -0.762. The lowest BCUT2D eigenvalue weighted by atomic mass is 9.97. The van der Waals surface area contributed by atoms with Crippen molar-refractivity contribution in [1.29, 1.82) is 0 Å². The van der Waals surface area contributed by atoms with E-state index in [9.17, 15) is 55.9 Å². The van der Waals surface area contributed by atoms with Crippen molar-refractivity contribution in [2.45, 2.75) is 279 Å². The van der Waals surface area contributed by atoms with Crippen molar-refractivity contribution in [3.8, 4) is 0 Å². The van der Waals surface area contributed by atoms with Crippen molar-refractivity contribution >= 4 is 5.91 Å². The largest absolute Gasteiger partial charge is 0.394 e. The molecule has 11 N–H and O–H groups in total. The van der Waals surface area contributed by atoms with Gasteiger partial charge in [-0.25, -0.2) is 0 Å². The molecule has 2 rings (SSSR count). The highest BCUT2D eigenvalue weighted by atomic mass is 16.7. The van der Waals surface area contributed by atoms with Crippen molar-refractivity contribution in [1.82, 2.24) is 5.32 Å². The van der Waals surface area contributed by atoms with E-state index in [1.807, 2.05) is 0 Å². The fourth-order valence-electron chi connectivity index (χ4n) is 8.75. The third-order valence-electron chi connectivity index (χ3n) is 13.2. The Hall–Kier alpha value is -1.35. The lowest BCUT2D eigenvalue weighted by Crippen LogP contribution is -2.65. The molecule has 2 heterocycles. The second-order valence-corrected chi connectivity index (χ2v) is 18.9. The van der Waals surface area contributed by atoms with Gasteiger partial charge in [-0.1, -0.05) is 167 Å². The first-order valence-corrected chi connectivity index (χ1v) is 26.1. The second-order valence-electron chi connectivity index (χ2n) is 18.9. The number of amides is 1. The predicted octanol–water partition coefficient (Wildman–Crippen LogP) is 4.71. The van der Waals surface area contributed by atoms with Crippen LogP contribution in [-0.2, 0) is 23.7 Å². The highest BCUT2D eigenvalue weighted by Crippen LogP contribution is 2.30. The smallest absolute Gasteiger partial charge is 0.249 e. The van der Waals surface area contributed by atoms with Gasteiger partial charge in [0.15, 0.2) is 12.6 Å². The minimum atomic E-state index is -1.85. The van der Waals surface area contributed by atoms with Gasteiger partial charge < -0.3 is 75.3 Å². The number of rotatable bonds is 40. The van der Waals surface area contributed by atoms with Crippen LogP contribution in [0.4, 0.5) is 0 Å². The monoisotopic (exact) mass is 950 g/mol. The maximum absolute atomic E-state index is 13.3. The molecule has 66 heavy (non-hydrogen) atoms. The van der Waals surface area contributed by atoms with Gasteiger partial charge >= 0.3 is 0 Å². The van der Waals surface area contributed by atoms with Crippen LogP contribution in [0.15, 0.2) is 12.2 Å². The van der Waals surface area contributed by atoms with E-state index in [1.165, 1.54) is 83.5 Å². The van der Waals surface area contributed by atoms with Crippen LogP contribution in [0.5, 0.6) is 0 Å². The Labute approximate surface area is 396 Å². The summed E-state index contributed by atoms with van der Waals surface area (Å²) in [6, 6.07) is -1.28. The summed E-state index contributed by atoms with van der Waals surface area (Å²) in [5.41, 5.74) is 0. The first kappa shape index (κ1) is 60.8. The molecular formula is C50H95NO15. The summed E-state index contributed by atoms with van der Waals surface area (Å²) in [6.45, 7) is 2.40. The third-order valence-corrected chi connectivity index (χ3v) is 13.2. The lowest BCUT2D eigenvalue weighted by Gasteiger charge is -2.46. The molecule has 2 aliphatic heterocycles. The van der Waals surface area contributed by atoms with Gasteiger partial charge in [-0.2, -0.15) is 0 Å².